The van der Waals surface area contributed by atoms with Gasteiger partial charge in [0.25, 0.3) is 0 Å². The third-order valence-corrected chi connectivity index (χ3v) is 3.49. The van der Waals surface area contributed by atoms with Gasteiger partial charge in [-0.05, 0) is 18.0 Å². The van der Waals surface area contributed by atoms with Crippen molar-refractivity contribution in [2.75, 3.05) is 49.7 Å². The number of anilines is 2. The van der Waals surface area contributed by atoms with Crippen molar-refractivity contribution < 1.29 is 4.74 Å². The summed E-state index contributed by atoms with van der Waals surface area (Å²) in [7, 11) is 1.99. The Kier molecular flexibility index (Phi) is 5.79. The molecule has 1 aromatic rings. The van der Waals surface area contributed by atoms with Crippen LogP contribution in [0, 0.1) is 0 Å². The highest BCUT2D eigenvalue weighted by Gasteiger charge is 2.17. The highest BCUT2D eigenvalue weighted by molar-refractivity contribution is 6.28. The van der Waals surface area contributed by atoms with Crippen LogP contribution in [-0.4, -0.2) is 54.8 Å². The molecule has 0 aromatic carbocycles. The third-order valence-electron chi connectivity index (χ3n) is 3.32. The van der Waals surface area contributed by atoms with Crippen LogP contribution in [0.1, 0.15) is 26.2 Å². The van der Waals surface area contributed by atoms with Crippen LogP contribution in [0.5, 0.6) is 0 Å². The van der Waals surface area contributed by atoms with E-state index in [-0.39, 0.29) is 5.28 Å². The Bertz CT molecular complexity index is 425. The quantitative estimate of drug-likeness (QED) is 0.749. The normalized spacial score (nSPS) is 15.4. The largest absolute Gasteiger partial charge is 0.378 e. The molecule has 7 heteroatoms. The molecule has 0 spiro atoms. The lowest BCUT2D eigenvalue weighted by molar-refractivity contribution is 0.122. The SMILES string of the molecule is CCCCCN(C)c1nc(Cl)nc(N2CCOCC2)n1. The van der Waals surface area contributed by atoms with Crippen LogP contribution in [-0.2, 0) is 4.74 Å². The summed E-state index contributed by atoms with van der Waals surface area (Å²) >= 11 is 6.03. The van der Waals surface area contributed by atoms with Crippen molar-refractivity contribution >= 4 is 23.5 Å². The molecule has 1 saturated heterocycles. The van der Waals surface area contributed by atoms with Crippen LogP contribution < -0.4 is 9.80 Å². The Balaban J connectivity index is 2.07. The van der Waals surface area contributed by atoms with Crippen molar-refractivity contribution in [1.82, 2.24) is 15.0 Å². The first-order valence-electron chi connectivity index (χ1n) is 7.16. The van der Waals surface area contributed by atoms with Gasteiger partial charge in [-0.1, -0.05) is 19.8 Å². The monoisotopic (exact) mass is 299 g/mol. The summed E-state index contributed by atoms with van der Waals surface area (Å²) in [5.74, 6) is 1.29. The fourth-order valence-corrected chi connectivity index (χ4v) is 2.26. The van der Waals surface area contributed by atoms with Gasteiger partial charge in [-0.15, -0.1) is 0 Å². The van der Waals surface area contributed by atoms with E-state index in [0.29, 0.717) is 25.1 Å². The zero-order valence-electron chi connectivity index (χ0n) is 12.2. The van der Waals surface area contributed by atoms with E-state index in [1.54, 1.807) is 0 Å². The van der Waals surface area contributed by atoms with Crippen molar-refractivity contribution in [3.05, 3.63) is 5.28 Å². The molecular formula is C13H22ClN5O. The predicted molar refractivity (Wildman–Crippen MR) is 80.7 cm³/mol. The fourth-order valence-electron chi connectivity index (χ4n) is 2.10. The van der Waals surface area contributed by atoms with E-state index in [2.05, 4.69) is 26.8 Å². The second-order valence-corrected chi connectivity index (χ2v) is 5.27. The average molecular weight is 300 g/mol. The zero-order valence-corrected chi connectivity index (χ0v) is 12.9. The number of rotatable bonds is 6. The van der Waals surface area contributed by atoms with E-state index in [4.69, 9.17) is 16.3 Å². The molecule has 0 N–H and O–H groups in total. The minimum Gasteiger partial charge on any atom is -0.378 e. The van der Waals surface area contributed by atoms with E-state index in [1.807, 2.05) is 11.9 Å². The van der Waals surface area contributed by atoms with Gasteiger partial charge in [-0.25, -0.2) is 0 Å². The summed E-state index contributed by atoms with van der Waals surface area (Å²) in [6.45, 7) is 6.10. The molecule has 20 heavy (non-hydrogen) atoms. The Morgan fingerprint density at radius 2 is 1.95 bits per heavy atom. The van der Waals surface area contributed by atoms with Crippen LogP contribution in [0.25, 0.3) is 0 Å². The van der Waals surface area contributed by atoms with Crippen molar-refractivity contribution in [3.8, 4) is 0 Å². The first-order valence-corrected chi connectivity index (χ1v) is 7.54. The van der Waals surface area contributed by atoms with Crippen LogP contribution >= 0.6 is 11.6 Å². The molecule has 0 aliphatic carbocycles. The molecule has 1 aliphatic rings. The van der Waals surface area contributed by atoms with Gasteiger partial charge in [0.1, 0.15) is 0 Å². The van der Waals surface area contributed by atoms with Gasteiger partial charge in [0, 0.05) is 26.7 Å². The van der Waals surface area contributed by atoms with E-state index >= 15 is 0 Å². The lowest BCUT2D eigenvalue weighted by Gasteiger charge is -2.27. The smallest absolute Gasteiger partial charge is 0.231 e. The topological polar surface area (TPSA) is 54.4 Å². The first kappa shape index (κ1) is 15.3. The highest BCUT2D eigenvalue weighted by Crippen LogP contribution is 2.17. The van der Waals surface area contributed by atoms with Crippen LogP contribution in [0.3, 0.4) is 0 Å². The van der Waals surface area contributed by atoms with Gasteiger partial charge in [-0.2, -0.15) is 15.0 Å². The third kappa shape index (κ3) is 4.18. The summed E-state index contributed by atoms with van der Waals surface area (Å²) in [6, 6.07) is 0. The summed E-state index contributed by atoms with van der Waals surface area (Å²) in [6.07, 6.45) is 3.54. The second-order valence-electron chi connectivity index (χ2n) is 4.93. The maximum absolute atomic E-state index is 6.03. The number of aromatic nitrogens is 3. The van der Waals surface area contributed by atoms with E-state index in [9.17, 15) is 0 Å². The number of halogens is 1. The molecule has 0 bridgehead atoms. The number of hydrogen-bond donors (Lipinski definition) is 0. The van der Waals surface area contributed by atoms with Crippen molar-refractivity contribution in [2.24, 2.45) is 0 Å². The summed E-state index contributed by atoms with van der Waals surface area (Å²) < 4.78 is 5.34. The number of ether oxygens (including phenoxy) is 1. The summed E-state index contributed by atoms with van der Waals surface area (Å²) in [4.78, 5) is 17.1. The Morgan fingerprint density at radius 1 is 1.20 bits per heavy atom. The number of hydrogen-bond acceptors (Lipinski definition) is 6. The van der Waals surface area contributed by atoms with Crippen LogP contribution in [0.2, 0.25) is 5.28 Å². The molecular weight excluding hydrogens is 278 g/mol. The van der Waals surface area contributed by atoms with E-state index < -0.39 is 0 Å². The van der Waals surface area contributed by atoms with Crippen LogP contribution in [0.4, 0.5) is 11.9 Å². The standard InChI is InChI=1S/C13H22ClN5O/c1-3-4-5-6-18(2)12-15-11(14)16-13(17-12)19-7-9-20-10-8-19/h3-10H2,1-2H3. The molecule has 112 valence electrons. The molecule has 2 rings (SSSR count). The van der Waals surface area contributed by atoms with Gasteiger partial charge in [0.2, 0.25) is 17.2 Å². The van der Waals surface area contributed by atoms with Crippen molar-refractivity contribution in [2.45, 2.75) is 26.2 Å². The van der Waals surface area contributed by atoms with Gasteiger partial charge in [-0.3, -0.25) is 0 Å². The molecule has 0 radical (unpaired) electrons. The molecule has 0 atom stereocenters. The molecule has 6 nitrogen and oxygen atoms in total. The second kappa shape index (κ2) is 7.59. The molecule has 1 aliphatic heterocycles. The number of morpholine rings is 1. The summed E-state index contributed by atoms with van der Waals surface area (Å²) in [5.41, 5.74) is 0. The summed E-state index contributed by atoms with van der Waals surface area (Å²) in [5, 5.41) is 0.249. The Hall–Kier alpha value is -1.14. The van der Waals surface area contributed by atoms with Crippen LogP contribution in [0.15, 0.2) is 0 Å². The lowest BCUT2D eigenvalue weighted by atomic mass is 10.2. The minimum absolute atomic E-state index is 0.249. The highest BCUT2D eigenvalue weighted by atomic mass is 35.5. The maximum atomic E-state index is 6.03. The minimum atomic E-state index is 0.249. The van der Waals surface area contributed by atoms with Crippen molar-refractivity contribution in [1.29, 1.82) is 0 Å². The van der Waals surface area contributed by atoms with Gasteiger partial charge in [0.15, 0.2) is 0 Å². The zero-order chi connectivity index (χ0) is 14.4. The Morgan fingerprint density at radius 3 is 2.65 bits per heavy atom. The fraction of sp³-hybridized carbons (Fsp3) is 0.769. The predicted octanol–water partition coefficient (Wildman–Crippen LogP) is 1.99. The molecule has 0 amide bonds. The average Bonchev–Trinajstić information content (AvgIpc) is 2.47. The maximum Gasteiger partial charge on any atom is 0.231 e. The van der Waals surface area contributed by atoms with E-state index in [0.717, 1.165) is 26.1 Å². The van der Waals surface area contributed by atoms with Gasteiger partial charge >= 0.3 is 0 Å². The molecule has 2 heterocycles. The lowest BCUT2D eigenvalue weighted by Crippen LogP contribution is -2.37. The van der Waals surface area contributed by atoms with Gasteiger partial charge in [0.05, 0.1) is 13.2 Å². The molecule has 0 saturated carbocycles. The van der Waals surface area contributed by atoms with Crippen molar-refractivity contribution in [3.63, 3.8) is 0 Å². The number of nitrogens with zero attached hydrogens (tertiary/aromatic N) is 5. The molecule has 1 aromatic heterocycles. The van der Waals surface area contributed by atoms with E-state index in [1.165, 1.54) is 12.8 Å². The van der Waals surface area contributed by atoms with Gasteiger partial charge < -0.3 is 14.5 Å². The molecule has 1 fully saturated rings. The number of unbranched alkanes of at least 4 members (excludes halogenated alkanes) is 2. The Labute approximate surface area is 125 Å². The molecule has 0 unspecified atom stereocenters. The first-order chi connectivity index (χ1) is 9.70.